The Morgan fingerprint density at radius 3 is 2.44 bits per heavy atom. The van der Waals surface area contributed by atoms with Gasteiger partial charge in [0.2, 0.25) is 0 Å². The van der Waals surface area contributed by atoms with Crippen LogP contribution in [-0.4, -0.2) is 43.7 Å². The molecule has 0 radical (unpaired) electrons. The van der Waals surface area contributed by atoms with Gasteiger partial charge in [0, 0.05) is 29.3 Å². The van der Waals surface area contributed by atoms with E-state index in [9.17, 15) is 0 Å². The third-order valence-electron chi connectivity index (χ3n) is 3.54. The molecule has 1 heterocycles. The minimum atomic E-state index is -1.80. The van der Waals surface area contributed by atoms with Crippen molar-refractivity contribution >= 4 is 28.4 Å². The van der Waals surface area contributed by atoms with Crippen molar-refractivity contribution in [2.45, 2.75) is 63.2 Å². The van der Waals surface area contributed by atoms with Gasteiger partial charge in [-0.2, -0.15) is 0 Å². The SMILES string of the molecule is C[Si](C)(CCCCCO)O[Si](C)(C)CSc1ncc(CN=[N+]=[N-])cn1. The van der Waals surface area contributed by atoms with Crippen LogP contribution in [0.15, 0.2) is 22.7 Å². The lowest BCUT2D eigenvalue weighted by atomic mass is 10.3. The van der Waals surface area contributed by atoms with Gasteiger partial charge in [0.25, 0.3) is 0 Å². The van der Waals surface area contributed by atoms with Crippen LogP contribution >= 0.6 is 11.8 Å². The molecule has 0 aromatic carbocycles. The van der Waals surface area contributed by atoms with Crippen LogP contribution in [0.4, 0.5) is 0 Å². The zero-order valence-electron chi connectivity index (χ0n) is 15.6. The van der Waals surface area contributed by atoms with Crippen LogP contribution in [0, 0.1) is 0 Å². The Bertz CT molecular complexity index is 566. The Morgan fingerprint density at radius 2 is 1.84 bits per heavy atom. The van der Waals surface area contributed by atoms with Gasteiger partial charge in [-0.3, -0.25) is 0 Å². The molecule has 0 aliphatic rings. The number of unbranched alkanes of at least 4 members (excludes halogenated alkanes) is 2. The molecule has 0 aliphatic heterocycles. The van der Waals surface area contributed by atoms with E-state index < -0.39 is 16.6 Å². The van der Waals surface area contributed by atoms with Crippen molar-refractivity contribution in [3.63, 3.8) is 0 Å². The number of aromatic nitrogens is 2. The quantitative estimate of drug-likeness (QED) is 0.106. The molecule has 0 saturated carbocycles. The third-order valence-corrected chi connectivity index (χ3v) is 13.3. The fourth-order valence-corrected chi connectivity index (χ4v) is 12.9. The summed E-state index contributed by atoms with van der Waals surface area (Å²) >= 11 is 1.63. The number of nitrogens with zero attached hydrogens (tertiary/aromatic N) is 5. The number of azide groups is 1. The lowest BCUT2D eigenvalue weighted by Gasteiger charge is -2.33. The zero-order chi connectivity index (χ0) is 18.8. The van der Waals surface area contributed by atoms with Gasteiger partial charge < -0.3 is 9.22 Å². The molecule has 1 aromatic heterocycles. The lowest BCUT2D eigenvalue weighted by molar-refractivity contribution is 0.283. The largest absolute Gasteiger partial charge is 0.455 e. The highest BCUT2D eigenvalue weighted by Gasteiger charge is 2.32. The molecule has 1 N–H and O–H groups in total. The van der Waals surface area contributed by atoms with Crippen LogP contribution < -0.4 is 0 Å². The molecule has 25 heavy (non-hydrogen) atoms. The van der Waals surface area contributed by atoms with E-state index in [1.807, 2.05) is 0 Å². The van der Waals surface area contributed by atoms with Gasteiger partial charge in [-0.05, 0) is 49.7 Å². The minimum absolute atomic E-state index is 0.279. The molecule has 0 saturated heterocycles. The fraction of sp³-hybridized carbons (Fsp3) is 0.733. The second-order valence-electron chi connectivity index (χ2n) is 7.21. The predicted molar refractivity (Wildman–Crippen MR) is 107 cm³/mol. The monoisotopic (exact) mass is 399 g/mol. The second kappa shape index (κ2) is 10.9. The Hall–Kier alpha value is -0.906. The van der Waals surface area contributed by atoms with E-state index in [0.29, 0.717) is 0 Å². The van der Waals surface area contributed by atoms with Gasteiger partial charge in [-0.25, -0.2) is 9.97 Å². The smallest absolute Gasteiger partial charge is 0.187 e. The van der Waals surface area contributed by atoms with Crippen molar-refractivity contribution in [3.8, 4) is 0 Å². The number of aliphatic hydroxyl groups is 1. The number of rotatable bonds is 12. The van der Waals surface area contributed by atoms with E-state index in [2.05, 4.69) is 46.2 Å². The van der Waals surface area contributed by atoms with Crippen molar-refractivity contribution in [1.82, 2.24) is 9.97 Å². The fourth-order valence-electron chi connectivity index (χ4n) is 2.52. The van der Waals surface area contributed by atoms with E-state index in [1.54, 1.807) is 24.2 Å². The van der Waals surface area contributed by atoms with Crippen LogP contribution in [0.2, 0.25) is 32.2 Å². The molecule has 7 nitrogen and oxygen atoms in total. The number of hydrogen-bond donors (Lipinski definition) is 1. The molecule has 0 fully saturated rings. The standard InChI is InChI=1S/C15H29N5O2SSi2/c1-24(2,9-7-5-6-8-21)22-25(3,4)13-23-15-17-10-14(11-18-15)12-19-20-16/h10-11,21H,5-9,12-13H2,1-4H3. The average Bonchev–Trinajstić information content (AvgIpc) is 2.55. The van der Waals surface area contributed by atoms with Crippen LogP contribution in [0.5, 0.6) is 0 Å². The van der Waals surface area contributed by atoms with Crippen LogP contribution in [0.3, 0.4) is 0 Å². The Kier molecular flexibility index (Phi) is 9.69. The molecular formula is C15H29N5O2SSi2. The minimum Gasteiger partial charge on any atom is -0.455 e. The van der Waals surface area contributed by atoms with E-state index in [4.69, 9.17) is 14.8 Å². The molecule has 0 spiro atoms. The first kappa shape index (κ1) is 22.1. The molecule has 0 atom stereocenters. The van der Waals surface area contributed by atoms with Crippen LogP contribution in [0.25, 0.3) is 10.4 Å². The average molecular weight is 400 g/mol. The van der Waals surface area contributed by atoms with Crippen molar-refractivity contribution in [1.29, 1.82) is 0 Å². The van der Waals surface area contributed by atoms with Crippen molar-refractivity contribution in [2.24, 2.45) is 5.11 Å². The number of hydrogen-bond acceptors (Lipinski definition) is 6. The molecule has 10 heteroatoms. The molecular weight excluding hydrogens is 370 g/mol. The van der Waals surface area contributed by atoms with Gasteiger partial charge in [-0.15, -0.1) is 0 Å². The topological polar surface area (TPSA) is 104 Å². The summed E-state index contributed by atoms with van der Waals surface area (Å²) in [6.07, 6.45) is 6.50. The highest BCUT2D eigenvalue weighted by atomic mass is 32.2. The van der Waals surface area contributed by atoms with Crippen LogP contribution in [0.1, 0.15) is 24.8 Å². The van der Waals surface area contributed by atoms with E-state index in [0.717, 1.165) is 41.4 Å². The molecule has 0 bridgehead atoms. The number of aliphatic hydroxyl groups excluding tert-OH is 1. The second-order valence-corrected chi connectivity index (χ2v) is 17.4. The Morgan fingerprint density at radius 1 is 1.16 bits per heavy atom. The predicted octanol–water partition coefficient (Wildman–Crippen LogP) is 4.51. The van der Waals surface area contributed by atoms with Crippen molar-refractivity contribution in [2.75, 3.05) is 12.0 Å². The Labute approximate surface area is 156 Å². The van der Waals surface area contributed by atoms with Crippen molar-refractivity contribution < 1.29 is 9.22 Å². The summed E-state index contributed by atoms with van der Waals surface area (Å²) in [5.41, 5.74) is 9.14. The number of thioether (sulfide) groups is 1. The van der Waals surface area contributed by atoms with Gasteiger partial charge in [0.15, 0.2) is 21.8 Å². The van der Waals surface area contributed by atoms with Crippen LogP contribution in [-0.2, 0) is 10.7 Å². The molecule has 0 unspecified atom stereocenters. The lowest BCUT2D eigenvalue weighted by Crippen LogP contribution is -2.46. The summed E-state index contributed by atoms with van der Waals surface area (Å²) in [5.74, 6) is 0. The maximum atomic E-state index is 8.87. The van der Waals surface area contributed by atoms with E-state index in [1.165, 1.54) is 0 Å². The maximum Gasteiger partial charge on any atom is 0.187 e. The summed E-state index contributed by atoms with van der Waals surface area (Å²) in [4.78, 5) is 11.4. The summed E-state index contributed by atoms with van der Waals surface area (Å²) in [5, 5.41) is 14.0. The molecule has 0 amide bonds. The molecule has 1 rings (SSSR count). The summed E-state index contributed by atoms with van der Waals surface area (Å²) in [6, 6.07) is 1.14. The first-order valence-electron chi connectivity index (χ1n) is 8.54. The van der Waals surface area contributed by atoms with E-state index >= 15 is 0 Å². The summed E-state index contributed by atoms with van der Waals surface area (Å²) in [7, 11) is -3.47. The summed E-state index contributed by atoms with van der Waals surface area (Å²) < 4.78 is 6.59. The van der Waals surface area contributed by atoms with Gasteiger partial charge in [0.05, 0.1) is 6.54 Å². The van der Waals surface area contributed by atoms with Gasteiger partial charge in [-0.1, -0.05) is 29.7 Å². The van der Waals surface area contributed by atoms with E-state index in [-0.39, 0.29) is 13.2 Å². The third kappa shape index (κ3) is 9.98. The van der Waals surface area contributed by atoms with Gasteiger partial charge in [0.1, 0.15) is 0 Å². The van der Waals surface area contributed by atoms with Crippen molar-refractivity contribution in [3.05, 3.63) is 28.4 Å². The summed E-state index contributed by atoms with van der Waals surface area (Å²) in [6.45, 7) is 9.62. The zero-order valence-corrected chi connectivity index (χ0v) is 18.4. The molecule has 1 aromatic rings. The highest BCUT2D eigenvalue weighted by Crippen LogP contribution is 2.25. The normalized spacial score (nSPS) is 12.0. The first-order valence-corrected chi connectivity index (χ1v) is 15.8. The molecule has 0 aliphatic carbocycles. The van der Waals surface area contributed by atoms with Gasteiger partial charge >= 0.3 is 0 Å². The highest BCUT2D eigenvalue weighted by molar-refractivity contribution is 8.00. The maximum absolute atomic E-state index is 8.87. The Balaban J connectivity index is 2.46. The molecule has 140 valence electrons. The first-order chi connectivity index (χ1) is 11.8.